The van der Waals surface area contributed by atoms with E-state index in [2.05, 4.69) is 39.5 Å². The van der Waals surface area contributed by atoms with Gasteiger partial charge in [0.1, 0.15) is 5.75 Å². The fourth-order valence-electron chi connectivity index (χ4n) is 1.39. The van der Waals surface area contributed by atoms with Gasteiger partial charge in [0.05, 0.1) is 6.26 Å². The summed E-state index contributed by atoms with van der Waals surface area (Å²) in [6.07, 6.45) is 1.08. The summed E-state index contributed by atoms with van der Waals surface area (Å²) in [5.41, 5.74) is 1.46. The first kappa shape index (κ1) is 12.6. The molecule has 0 aliphatic carbocycles. The zero-order valence-corrected chi connectivity index (χ0v) is 10.5. The van der Waals surface area contributed by atoms with Crippen LogP contribution in [0.3, 0.4) is 0 Å². The third-order valence-corrected chi connectivity index (χ3v) is 2.31. The molecule has 1 rings (SSSR count). The summed E-state index contributed by atoms with van der Waals surface area (Å²) in [6.45, 7) is 11.9. The molecule has 1 unspecified atom stereocenters. The van der Waals surface area contributed by atoms with E-state index >= 15 is 0 Å². The van der Waals surface area contributed by atoms with Crippen LogP contribution in [0.25, 0.3) is 0 Å². The van der Waals surface area contributed by atoms with Crippen molar-refractivity contribution in [1.82, 2.24) is 0 Å². The van der Waals surface area contributed by atoms with Crippen LogP contribution in [0.2, 0.25) is 0 Å². The van der Waals surface area contributed by atoms with Crippen LogP contribution in [0, 0.1) is 0 Å². The molecule has 0 radical (unpaired) electrons. The molecule has 0 spiro atoms. The minimum absolute atomic E-state index is 0.168. The second-order valence-corrected chi connectivity index (χ2v) is 4.76. The maximum atomic E-state index is 5.53. The van der Waals surface area contributed by atoms with E-state index in [4.69, 9.17) is 9.47 Å². The van der Waals surface area contributed by atoms with Gasteiger partial charge in [0.2, 0.25) is 6.29 Å². The van der Waals surface area contributed by atoms with Crippen molar-refractivity contribution in [3.63, 3.8) is 0 Å². The highest BCUT2D eigenvalue weighted by molar-refractivity contribution is 5.31. The number of benzene rings is 1. The molecule has 1 atom stereocenters. The van der Waals surface area contributed by atoms with Crippen LogP contribution in [0.4, 0.5) is 0 Å². The van der Waals surface area contributed by atoms with E-state index < -0.39 is 0 Å². The lowest BCUT2D eigenvalue weighted by atomic mass is 9.87. The van der Waals surface area contributed by atoms with E-state index in [1.165, 1.54) is 11.8 Å². The summed E-state index contributed by atoms with van der Waals surface area (Å²) < 4.78 is 10.6. The Kier molecular flexibility index (Phi) is 3.99. The van der Waals surface area contributed by atoms with Gasteiger partial charge in [-0.1, -0.05) is 39.5 Å². The highest BCUT2D eigenvalue weighted by Gasteiger charge is 2.13. The van der Waals surface area contributed by atoms with Gasteiger partial charge in [0.15, 0.2) is 0 Å². The Bertz CT molecular complexity index is 333. The van der Waals surface area contributed by atoms with E-state index in [-0.39, 0.29) is 11.7 Å². The fourth-order valence-corrected chi connectivity index (χ4v) is 1.39. The van der Waals surface area contributed by atoms with E-state index in [0.717, 1.165) is 5.75 Å². The average molecular weight is 220 g/mol. The first-order valence-electron chi connectivity index (χ1n) is 5.47. The van der Waals surface area contributed by atoms with Gasteiger partial charge >= 0.3 is 0 Å². The molecule has 0 heterocycles. The van der Waals surface area contributed by atoms with Crippen LogP contribution in [-0.4, -0.2) is 6.29 Å². The third kappa shape index (κ3) is 3.61. The van der Waals surface area contributed by atoms with Crippen molar-refractivity contribution in [3.05, 3.63) is 42.7 Å². The van der Waals surface area contributed by atoms with Gasteiger partial charge in [-0.3, -0.25) is 0 Å². The normalized spacial score (nSPS) is 13.0. The Morgan fingerprint density at radius 3 is 2.19 bits per heavy atom. The van der Waals surface area contributed by atoms with Crippen LogP contribution in [-0.2, 0) is 10.2 Å². The molecule has 0 N–H and O–H groups in total. The monoisotopic (exact) mass is 220 g/mol. The van der Waals surface area contributed by atoms with Crippen LogP contribution < -0.4 is 4.74 Å². The van der Waals surface area contributed by atoms with Crippen LogP contribution in [0.5, 0.6) is 5.75 Å². The molecule has 16 heavy (non-hydrogen) atoms. The van der Waals surface area contributed by atoms with Crippen molar-refractivity contribution in [3.8, 4) is 5.75 Å². The van der Waals surface area contributed by atoms with Crippen molar-refractivity contribution in [2.45, 2.75) is 39.4 Å². The van der Waals surface area contributed by atoms with Gasteiger partial charge in [-0.2, -0.15) is 0 Å². The lowest BCUT2D eigenvalue weighted by Crippen LogP contribution is -2.14. The molecule has 1 aromatic carbocycles. The highest BCUT2D eigenvalue weighted by Crippen LogP contribution is 2.24. The quantitative estimate of drug-likeness (QED) is 0.566. The van der Waals surface area contributed by atoms with E-state index in [1.54, 1.807) is 0 Å². The Labute approximate surface area is 97.9 Å². The average Bonchev–Trinajstić information content (AvgIpc) is 2.17. The molecule has 0 aliphatic heterocycles. The lowest BCUT2D eigenvalue weighted by Gasteiger charge is -2.20. The third-order valence-electron chi connectivity index (χ3n) is 2.31. The predicted molar refractivity (Wildman–Crippen MR) is 66.5 cm³/mol. The fraction of sp³-hybridized carbons (Fsp3) is 0.429. The standard InChI is InChI=1S/C14H20O2/c1-6-15-11(2)16-13-9-7-12(8-10-13)14(3,4)5/h6-11H,1H2,2-5H3. The van der Waals surface area contributed by atoms with Crippen molar-refractivity contribution >= 4 is 0 Å². The van der Waals surface area contributed by atoms with Crippen LogP contribution >= 0.6 is 0 Å². The highest BCUT2D eigenvalue weighted by atomic mass is 16.7. The number of hydrogen-bond donors (Lipinski definition) is 0. The summed E-state index contributed by atoms with van der Waals surface area (Å²) in [5, 5.41) is 0. The summed E-state index contributed by atoms with van der Waals surface area (Å²) in [7, 11) is 0. The predicted octanol–water partition coefficient (Wildman–Crippen LogP) is 3.87. The Morgan fingerprint density at radius 2 is 1.75 bits per heavy atom. The largest absolute Gasteiger partial charge is 0.463 e. The molecule has 1 aromatic rings. The molecule has 0 saturated carbocycles. The first-order chi connectivity index (χ1) is 7.43. The summed E-state index contributed by atoms with van der Waals surface area (Å²) in [5.74, 6) is 0.808. The van der Waals surface area contributed by atoms with Crippen molar-refractivity contribution in [2.24, 2.45) is 0 Å². The molecule has 0 amide bonds. The SMILES string of the molecule is C=COC(C)Oc1ccc(C(C)(C)C)cc1. The minimum atomic E-state index is -0.307. The smallest absolute Gasteiger partial charge is 0.237 e. The number of ether oxygens (including phenoxy) is 2. The van der Waals surface area contributed by atoms with Gasteiger partial charge in [0, 0.05) is 6.92 Å². The molecule has 0 aliphatic rings. The molecule has 0 fully saturated rings. The van der Waals surface area contributed by atoms with Gasteiger partial charge in [-0.25, -0.2) is 0 Å². The molecule has 0 bridgehead atoms. The Balaban J connectivity index is 2.68. The van der Waals surface area contributed by atoms with Crippen LogP contribution in [0.1, 0.15) is 33.3 Å². The maximum absolute atomic E-state index is 5.53. The summed E-state index contributed by atoms with van der Waals surface area (Å²) in [6, 6.07) is 8.08. The van der Waals surface area contributed by atoms with Crippen molar-refractivity contribution in [2.75, 3.05) is 0 Å². The van der Waals surface area contributed by atoms with Gasteiger partial charge in [0.25, 0.3) is 0 Å². The van der Waals surface area contributed by atoms with E-state index in [1.807, 2.05) is 19.1 Å². The number of rotatable bonds is 4. The van der Waals surface area contributed by atoms with E-state index in [0.29, 0.717) is 0 Å². The zero-order valence-electron chi connectivity index (χ0n) is 10.5. The van der Waals surface area contributed by atoms with E-state index in [9.17, 15) is 0 Å². The summed E-state index contributed by atoms with van der Waals surface area (Å²) in [4.78, 5) is 0. The zero-order chi connectivity index (χ0) is 12.2. The molecular weight excluding hydrogens is 200 g/mol. The minimum Gasteiger partial charge on any atom is -0.463 e. The first-order valence-corrected chi connectivity index (χ1v) is 5.47. The second-order valence-electron chi connectivity index (χ2n) is 4.76. The molecule has 88 valence electrons. The van der Waals surface area contributed by atoms with Crippen molar-refractivity contribution in [1.29, 1.82) is 0 Å². The van der Waals surface area contributed by atoms with Gasteiger partial charge in [-0.15, -0.1) is 0 Å². The van der Waals surface area contributed by atoms with Crippen molar-refractivity contribution < 1.29 is 9.47 Å². The molecule has 0 aromatic heterocycles. The molecule has 0 saturated heterocycles. The Morgan fingerprint density at radius 1 is 1.19 bits per heavy atom. The summed E-state index contributed by atoms with van der Waals surface area (Å²) >= 11 is 0. The second kappa shape index (κ2) is 5.06. The lowest BCUT2D eigenvalue weighted by molar-refractivity contribution is -0.0132. The molecule has 2 heteroatoms. The van der Waals surface area contributed by atoms with Crippen LogP contribution in [0.15, 0.2) is 37.1 Å². The molecule has 2 nitrogen and oxygen atoms in total. The van der Waals surface area contributed by atoms with Gasteiger partial charge in [-0.05, 0) is 23.1 Å². The topological polar surface area (TPSA) is 18.5 Å². The molecular formula is C14H20O2. The Hall–Kier alpha value is -1.44. The maximum Gasteiger partial charge on any atom is 0.237 e. The van der Waals surface area contributed by atoms with Gasteiger partial charge < -0.3 is 9.47 Å². The number of hydrogen-bond acceptors (Lipinski definition) is 2.